The second-order valence-corrected chi connectivity index (χ2v) is 4.50. The van der Waals surface area contributed by atoms with Gasteiger partial charge in [0, 0.05) is 25.0 Å². The Balaban J connectivity index is 2.12. The Hall–Kier alpha value is -2.10. The number of nitrogens with zero attached hydrogens (tertiary/aromatic N) is 2. The summed E-state index contributed by atoms with van der Waals surface area (Å²) in [5, 5.41) is 0. The third-order valence-corrected chi connectivity index (χ3v) is 3.04. The number of rotatable bonds is 3. The predicted octanol–water partition coefficient (Wildman–Crippen LogP) is 2.30. The molecule has 0 radical (unpaired) electrons. The van der Waals surface area contributed by atoms with E-state index in [-0.39, 0.29) is 5.91 Å². The summed E-state index contributed by atoms with van der Waals surface area (Å²) in [5.74, 6) is 0.796. The van der Waals surface area contributed by atoms with Gasteiger partial charge in [-0.25, -0.2) is 4.98 Å². The number of hydrogen-bond donors (Lipinski definition) is 1. The molecule has 0 atom stereocenters. The van der Waals surface area contributed by atoms with Gasteiger partial charge in [0.15, 0.2) is 0 Å². The normalized spacial score (nSPS) is 10.4. The van der Waals surface area contributed by atoms with Crippen LogP contribution in [-0.2, 0) is 6.54 Å². The van der Waals surface area contributed by atoms with Crippen LogP contribution in [0.5, 0.6) is 0 Å². The molecule has 0 saturated heterocycles. The minimum Gasteiger partial charge on any atom is -0.347 e. The van der Waals surface area contributed by atoms with E-state index in [0.717, 1.165) is 11.4 Å². The third kappa shape index (κ3) is 2.59. The first-order chi connectivity index (χ1) is 8.58. The van der Waals surface area contributed by atoms with E-state index in [2.05, 4.69) is 9.97 Å². The Morgan fingerprint density at radius 2 is 2.11 bits per heavy atom. The monoisotopic (exact) mass is 243 g/mol. The lowest BCUT2D eigenvalue weighted by Crippen LogP contribution is -2.26. The molecule has 4 heteroatoms. The zero-order valence-electron chi connectivity index (χ0n) is 10.9. The molecule has 0 bridgehead atoms. The number of carbonyl (C=O) groups excluding carboxylic acids is 1. The molecule has 0 saturated carbocycles. The standard InChI is InChI=1S/C14H17N3O/c1-10-4-5-12(8-11(10)2)14(18)17(3)9-13-15-6-7-16-13/h4-8H,9H2,1-3H3,(H,15,16). The van der Waals surface area contributed by atoms with Crippen molar-refractivity contribution in [3.63, 3.8) is 0 Å². The van der Waals surface area contributed by atoms with E-state index in [1.807, 2.05) is 32.0 Å². The SMILES string of the molecule is Cc1ccc(C(=O)N(C)Cc2ncc[nH]2)cc1C. The van der Waals surface area contributed by atoms with Crippen LogP contribution < -0.4 is 0 Å². The molecule has 4 nitrogen and oxygen atoms in total. The molecule has 1 amide bonds. The summed E-state index contributed by atoms with van der Waals surface area (Å²) in [5.41, 5.74) is 3.04. The van der Waals surface area contributed by atoms with Crippen LogP contribution in [0.25, 0.3) is 0 Å². The van der Waals surface area contributed by atoms with Gasteiger partial charge < -0.3 is 9.88 Å². The van der Waals surface area contributed by atoms with Crippen molar-refractivity contribution in [2.45, 2.75) is 20.4 Å². The minimum atomic E-state index is 0.00880. The molecule has 1 N–H and O–H groups in total. The summed E-state index contributed by atoms with van der Waals surface area (Å²) in [6, 6.07) is 5.77. The number of benzene rings is 1. The largest absolute Gasteiger partial charge is 0.347 e. The molecular formula is C14H17N3O. The summed E-state index contributed by atoms with van der Waals surface area (Å²) in [6.07, 6.45) is 3.44. The van der Waals surface area contributed by atoms with Crippen LogP contribution in [0.1, 0.15) is 27.3 Å². The molecule has 1 heterocycles. The van der Waals surface area contributed by atoms with Crippen LogP contribution in [0.2, 0.25) is 0 Å². The Kier molecular flexibility index (Phi) is 3.46. The molecular weight excluding hydrogens is 226 g/mol. The first kappa shape index (κ1) is 12.4. The van der Waals surface area contributed by atoms with Gasteiger partial charge in [-0.3, -0.25) is 4.79 Å². The Labute approximate surface area is 107 Å². The van der Waals surface area contributed by atoms with Crippen molar-refractivity contribution in [3.05, 3.63) is 53.1 Å². The smallest absolute Gasteiger partial charge is 0.254 e. The second kappa shape index (κ2) is 5.04. The highest BCUT2D eigenvalue weighted by molar-refractivity contribution is 5.94. The van der Waals surface area contributed by atoms with Gasteiger partial charge in [-0.2, -0.15) is 0 Å². The fourth-order valence-electron chi connectivity index (χ4n) is 1.78. The van der Waals surface area contributed by atoms with Gasteiger partial charge in [-0.15, -0.1) is 0 Å². The van der Waals surface area contributed by atoms with Crippen molar-refractivity contribution < 1.29 is 4.79 Å². The predicted molar refractivity (Wildman–Crippen MR) is 70.3 cm³/mol. The second-order valence-electron chi connectivity index (χ2n) is 4.50. The van der Waals surface area contributed by atoms with Crippen molar-refractivity contribution >= 4 is 5.91 Å². The molecule has 0 aliphatic heterocycles. The summed E-state index contributed by atoms with van der Waals surface area (Å²) in [7, 11) is 1.78. The number of aromatic amines is 1. The van der Waals surface area contributed by atoms with Crippen molar-refractivity contribution in [2.24, 2.45) is 0 Å². The Bertz CT molecular complexity index is 546. The van der Waals surface area contributed by atoms with E-state index in [0.29, 0.717) is 12.1 Å². The number of H-pyrrole nitrogens is 1. The Morgan fingerprint density at radius 3 is 2.72 bits per heavy atom. The molecule has 0 aliphatic rings. The van der Waals surface area contributed by atoms with Gasteiger partial charge in [0.2, 0.25) is 0 Å². The number of aromatic nitrogens is 2. The molecule has 0 spiro atoms. The lowest BCUT2D eigenvalue weighted by molar-refractivity contribution is 0.0782. The lowest BCUT2D eigenvalue weighted by Gasteiger charge is -2.16. The maximum absolute atomic E-state index is 12.2. The number of aryl methyl sites for hydroxylation is 2. The molecule has 0 unspecified atom stereocenters. The van der Waals surface area contributed by atoms with Crippen molar-refractivity contribution in [1.29, 1.82) is 0 Å². The zero-order valence-corrected chi connectivity index (χ0v) is 10.9. The summed E-state index contributed by atoms with van der Waals surface area (Å²) < 4.78 is 0. The Morgan fingerprint density at radius 1 is 1.33 bits per heavy atom. The van der Waals surface area contributed by atoms with E-state index in [4.69, 9.17) is 0 Å². The average Bonchev–Trinajstić information content (AvgIpc) is 2.84. The molecule has 0 fully saturated rings. The van der Waals surface area contributed by atoms with Gasteiger partial charge in [-0.1, -0.05) is 6.07 Å². The van der Waals surface area contributed by atoms with Crippen molar-refractivity contribution in [1.82, 2.24) is 14.9 Å². The minimum absolute atomic E-state index is 0.00880. The van der Waals surface area contributed by atoms with E-state index in [1.165, 1.54) is 5.56 Å². The van der Waals surface area contributed by atoms with Crippen LogP contribution in [0.4, 0.5) is 0 Å². The highest BCUT2D eigenvalue weighted by Crippen LogP contribution is 2.12. The third-order valence-electron chi connectivity index (χ3n) is 3.04. The first-order valence-corrected chi connectivity index (χ1v) is 5.89. The summed E-state index contributed by atoms with van der Waals surface area (Å²) in [4.78, 5) is 21.0. The van der Waals surface area contributed by atoms with Gasteiger partial charge in [-0.05, 0) is 37.1 Å². The lowest BCUT2D eigenvalue weighted by atomic mass is 10.1. The molecule has 0 aliphatic carbocycles. The maximum Gasteiger partial charge on any atom is 0.254 e. The van der Waals surface area contributed by atoms with E-state index >= 15 is 0 Å². The maximum atomic E-state index is 12.2. The van der Waals surface area contributed by atoms with Crippen molar-refractivity contribution in [3.8, 4) is 0 Å². The molecule has 1 aromatic carbocycles. The molecule has 94 valence electrons. The van der Waals surface area contributed by atoms with Crippen LogP contribution in [0.3, 0.4) is 0 Å². The fraction of sp³-hybridized carbons (Fsp3) is 0.286. The van der Waals surface area contributed by atoms with E-state index in [1.54, 1.807) is 24.3 Å². The van der Waals surface area contributed by atoms with E-state index in [9.17, 15) is 4.79 Å². The van der Waals surface area contributed by atoms with Crippen LogP contribution >= 0.6 is 0 Å². The first-order valence-electron chi connectivity index (χ1n) is 5.89. The van der Waals surface area contributed by atoms with Gasteiger partial charge in [0.25, 0.3) is 5.91 Å². The molecule has 2 aromatic rings. The van der Waals surface area contributed by atoms with Crippen LogP contribution in [0, 0.1) is 13.8 Å². The number of nitrogens with one attached hydrogen (secondary N) is 1. The number of hydrogen-bond acceptors (Lipinski definition) is 2. The zero-order chi connectivity index (χ0) is 13.1. The highest BCUT2D eigenvalue weighted by atomic mass is 16.2. The topological polar surface area (TPSA) is 49.0 Å². The number of amides is 1. The summed E-state index contributed by atoms with van der Waals surface area (Å²) >= 11 is 0. The number of imidazole rings is 1. The van der Waals surface area contributed by atoms with E-state index < -0.39 is 0 Å². The quantitative estimate of drug-likeness (QED) is 0.899. The summed E-state index contributed by atoms with van der Waals surface area (Å²) in [6.45, 7) is 4.54. The van der Waals surface area contributed by atoms with Gasteiger partial charge in [0.05, 0.1) is 6.54 Å². The highest BCUT2D eigenvalue weighted by Gasteiger charge is 2.13. The average molecular weight is 243 g/mol. The number of carbonyl (C=O) groups is 1. The molecule has 18 heavy (non-hydrogen) atoms. The molecule has 1 aromatic heterocycles. The van der Waals surface area contributed by atoms with Gasteiger partial charge in [0.1, 0.15) is 5.82 Å². The van der Waals surface area contributed by atoms with Gasteiger partial charge >= 0.3 is 0 Å². The van der Waals surface area contributed by atoms with Crippen LogP contribution in [-0.4, -0.2) is 27.8 Å². The van der Waals surface area contributed by atoms with Crippen molar-refractivity contribution in [2.75, 3.05) is 7.05 Å². The van der Waals surface area contributed by atoms with Crippen LogP contribution in [0.15, 0.2) is 30.6 Å². The fourth-order valence-corrected chi connectivity index (χ4v) is 1.78. The molecule has 2 rings (SSSR count).